The zero-order valence-corrected chi connectivity index (χ0v) is 14.1. The Morgan fingerprint density at radius 3 is 2.88 bits per heavy atom. The number of aryl methyl sites for hydroxylation is 2. The van der Waals surface area contributed by atoms with Crippen LogP contribution in [0.25, 0.3) is 0 Å². The van der Waals surface area contributed by atoms with Gasteiger partial charge in [-0.25, -0.2) is 0 Å². The Bertz CT molecular complexity index is 688. The van der Waals surface area contributed by atoms with Crippen LogP contribution in [-0.2, 0) is 17.7 Å². The van der Waals surface area contributed by atoms with Crippen LogP contribution < -0.4 is 5.32 Å². The molecule has 8 nitrogen and oxygen atoms in total. The maximum absolute atomic E-state index is 12.4. The minimum absolute atomic E-state index is 0.210. The van der Waals surface area contributed by atoms with Gasteiger partial charge in [0.05, 0.1) is 37.3 Å². The van der Waals surface area contributed by atoms with Gasteiger partial charge in [0.2, 0.25) is 0 Å². The van der Waals surface area contributed by atoms with Gasteiger partial charge in [0.1, 0.15) is 11.3 Å². The van der Waals surface area contributed by atoms with Gasteiger partial charge in [0.25, 0.3) is 5.91 Å². The lowest BCUT2D eigenvalue weighted by molar-refractivity contribution is 0.0360. The third-order valence-corrected chi connectivity index (χ3v) is 4.14. The monoisotopic (exact) mass is 333 g/mol. The normalized spacial score (nSPS) is 15.6. The van der Waals surface area contributed by atoms with Crippen LogP contribution in [0.15, 0.2) is 16.9 Å². The molecule has 1 fully saturated rings. The summed E-state index contributed by atoms with van der Waals surface area (Å²) >= 11 is 0. The predicted octanol–water partition coefficient (Wildman–Crippen LogP) is 1.33. The molecule has 0 bridgehead atoms. The van der Waals surface area contributed by atoms with Gasteiger partial charge in [-0.2, -0.15) is 5.10 Å². The van der Waals surface area contributed by atoms with Crippen molar-refractivity contribution in [2.75, 3.05) is 38.2 Å². The van der Waals surface area contributed by atoms with E-state index in [9.17, 15) is 4.79 Å². The van der Waals surface area contributed by atoms with E-state index < -0.39 is 0 Å². The highest BCUT2D eigenvalue weighted by atomic mass is 16.5. The molecule has 0 atom stereocenters. The fraction of sp³-hybridized carbons (Fsp3) is 0.562. The lowest BCUT2D eigenvalue weighted by Gasteiger charge is -2.26. The molecule has 0 aromatic carbocycles. The van der Waals surface area contributed by atoms with E-state index in [1.807, 2.05) is 17.8 Å². The first kappa shape index (κ1) is 16.7. The number of hydrogen-bond donors (Lipinski definition) is 1. The number of carbonyl (C=O) groups excluding carboxylic acids is 1. The number of nitrogens with one attached hydrogen (secondary N) is 1. The molecular weight excluding hydrogens is 310 g/mol. The quantitative estimate of drug-likeness (QED) is 0.858. The molecule has 2 aromatic heterocycles. The van der Waals surface area contributed by atoms with Crippen molar-refractivity contribution < 1.29 is 14.1 Å². The molecule has 0 spiro atoms. The van der Waals surface area contributed by atoms with E-state index in [2.05, 4.69) is 20.5 Å². The maximum atomic E-state index is 12.4. The number of carbonyl (C=O) groups is 1. The third kappa shape index (κ3) is 3.82. The fourth-order valence-corrected chi connectivity index (χ4v) is 2.76. The van der Waals surface area contributed by atoms with Crippen LogP contribution in [0.4, 0.5) is 5.69 Å². The smallest absolute Gasteiger partial charge is 0.261 e. The summed E-state index contributed by atoms with van der Waals surface area (Å²) < 4.78 is 12.3. The summed E-state index contributed by atoms with van der Waals surface area (Å²) in [6.07, 6.45) is 4.15. The average molecular weight is 333 g/mol. The number of nitrogens with zero attached hydrogens (tertiary/aromatic N) is 4. The van der Waals surface area contributed by atoms with Gasteiger partial charge in [-0.05, 0) is 13.3 Å². The number of amides is 1. The van der Waals surface area contributed by atoms with E-state index in [-0.39, 0.29) is 5.91 Å². The molecule has 1 amide bonds. The maximum Gasteiger partial charge on any atom is 0.261 e. The second-order valence-corrected chi connectivity index (χ2v) is 5.81. The van der Waals surface area contributed by atoms with Crippen molar-refractivity contribution in [2.45, 2.75) is 26.8 Å². The van der Waals surface area contributed by atoms with Crippen molar-refractivity contribution >= 4 is 11.6 Å². The molecule has 2 aromatic rings. The summed E-state index contributed by atoms with van der Waals surface area (Å²) in [5.41, 5.74) is 1.85. The third-order valence-electron chi connectivity index (χ3n) is 4.14. The molecule has 1 N–H and O–H groups in total. The Hall–Kier alpha value is -2.19. The molecular formula is C16H23N5O3. The van der Waals surface area contributed by atoms with E-state index in [4.69, 9.17) is 9.26 Å². The van der Waals surface area contributed by atoms with Crippen molar-refractivity contribution in [1.29, 1.82) is 0 Å². The van der Waals surface area contributed by atoms with Crippen LogP contribution in [0.5, 0.6) is 0 Å². The van der Waals surface area contributed by atoms with Gasteiger partial charge in [0.15, 0.2) is 0 Å². The van der Waals surface area contributed by atoms with E-state index in [0.717, 1.165) is 39.4 Å². The summed E-state index contributed by atoms with van der Waals surface area (Å²) in [4.78, 5) is 14.8. The summed E-state index contributed by atoms with van der Waals surface area (Å²) in [5.74, 6) is 0.322. The van der Waals surface area contributed by atoms with E-state index in [1.54, 1.807) is 13.1 Å². The number of aromatic nitrogens is 3. The summed E-state index contributed by atoms with van der Waals surface area (Å²) in [6, 6.07) is 0. The Morgan fingerprint density at radius 2 is 2.12 bits per heavy atom. The molecule has 1 aliphatic rings. The van der Waals surface area contributed by atoms with Gasteiger partial charge in [-0.1, -0.05) is 12.1 Å². The highest BCUT2D eigenvalue weighted by Crippen LogP contribution is 2.16. The van der Waals surface area contributed by atoms with Gasteiger partial charge < -0.3 is 14.6 Å². The number of anilines is 1. The van der Waals surface area contributed by atoms with Gasteiger partial charge in [-0.15, -0.1) is 0 Å². The zero-order valence-electron chi connectivity index (χ0n) is 14.1. The van der Waals surface area contributed by atoms with Crippen molar-refractivity contribution in [3.8, 4) is 0 Å². The Morgan fingerprint density at radius 1 is 1.33 bits per heavy atom. The van der Waals surface area contributed by atoms with Crippen LogP contribution in [0.2, 0.25) is 0 Å². The topological polar surface area (TPSA) is 85.4 Å². The van der Waals surface area contributed by atoms with E-state index >= 15 is 0 Å². The molecule has 8 heteroatoms. The molecule has 130 valence electrons. The molecule has 1 aliphatic heterocycles. The summed E-state index contributed by atoms with van der Waals surface area (Å²) in [5, 5.41) is 11.1. The molecule has 0 aliphatic carbocycles. The summed E-state index contributed by atoms with van der Waals surface area (Å²) in [7, 11) is 0. The first-order chi connectivity index (χ1) is 11.7. The number of ether oxygens (including phenoxy) is 1. The van der Waals surface area contributed by atoms with E-state index in [1.165, 1.54) is 0 Å². The second-order valence-electron chi connectivity index (χ2n) is 5.81. The highest BCUT2D eigenvalue weighted by molar-refractivity contribution is 6.05. The molecule has 1 saturated heterocycles. The SMILES string of the molecule is CCc1noc(C)c1C(=O)Nc1cnn(CCN2CCOCC2)c1. The number of hydrogen-bond acceptors (Lipinski definition) is 6. The molecule has 24 heavy (non-hydrogen) atoms. The molecule has 3 heterocycles. The Labute approximate surface area is 140 Å². The van der Waals surface area contributed by atoms with Crippen molar-refractivity contribution in [1.82, 2.24) is 19.8 Å². The number of morpholine rings is 1. The van der Waals surface area contributed by atoms with Gasteiger partial charge >= 0.3 is 0 Å². The van der Waals surface area contributed by atoms with E-state index in [0.29, 0.717) is 29.1 Å². The summed E-state index contributed by atoms with van der Waals surface area (Å²) in [6.45, 7) is 8.88. The van der Waals surface area contributed by atoms with Crippen LogP contribution in [-0.4, -0.2) is 58.6 Å². The van der Waals surface area contributed by atoms with Crippen LogP contribution >= 0.6 is 0 Å². The van der Waals surface area contributed by atoms with Crippen molar-refractivity contribution in [3.05, 3.63) is 29.4 Å². The van der Waals surface area contributed by atoms with Crippen LogP contribution in [0.3, 0.4) is 0 Å². The first-order valence-corrected chi connectivity index (χ1v) is 8.26. The van der Waals surface area contributed by atoms with Crippen LogP contribution in [0.1, 0.15) is 28.7 Å². The Balaban J connectivity index is 1.57. The molecule has 0 radical (unpaired) electrons. The van der Waals surface area contributed by atoms with Crippen LogP contribution in [0, 0.1) is 6.92 Å². The number of rotatable bonds is 6. The van der Waals surface area contributed by atoms with Crippen molar-refractivity contribution in [3.63, 3.8) is 0 Å². The lowest BCUT2D eigenvalue weighted by atomic mass is 10.1. The van der Waals surface area contributed by atoms with Gasteiger partial charge in [-0.3, -0.25) is 14.4 Å². The standard InChI is InChI=1S/C16H23N5O3/c1-3-14-15(12(2)24-19-14)16(22)18-13-10-17-21(11-13)5-4-20-6-8-23-9-7-20/h10-11H,3-9H2,1-2H3,(H,18,22). The predicted molar refractivity (Wildman–Crippen MR) is 88.1 cm³/mol. The van der Waals surface area contributed by atoms with Crippen molar-refractivity contribution in [2.24, 2.45) is 0 Å². The lowest BCUT2D eigenvalue weighted by Crippen LogP contribution is -2.38. The first-order valence-electron chi connectivity index (χ1n) is 8.26. The largest absolute Gasteiger partial charge is 0.379 e. The molecule has 0 unspecified atom stereocenters. The minimum Gasteiger partial charge on any atom is -0.379 e. The zero-order chi connectivity index (χ0) is 16.9. The molecule has 0 saturated carbocycles. The highest BCUT2D eigenvalue weighted by Gasteiger charge is 2.19. The van der Waals surface area contributed by atoms with Gasteiger partial charge in [0, 0.05) is 25.8 Å². The average Bonchev–Trinajstić information content (AvgIpc) is 3.20. The Kier molecular flexibility index (Phi) is 5.27. The fourth-order valence-electron chi connectivity index (χ4n) is 2.76. The second kappa shape index (κ2) is 7.59. The molecule has 3 rings (SSSR count). The minimum atomic E-state index is -0.210.